The van der Waals surface area contributed by atoms with Crippen molar-refractivity contribution >= 4 is 15.9 Å². The van der Waals surface area contributed by atoms with Crippen LogP contribution in [0, 0.1) is 20.8 Å². The van der Waals surface area contributed by atoms with Crippen LogP contribution in [0.5, 0.6) is 5.75 Å². The van der Waals surface area contributed by atoms with Gasteiger partial charge in [0.05, 0.1) is 12.0 Å². The van der Waals surface area contributed by atoms with Crippen LogP contribution < -0.4 is 4.74 Å². The fourth-order valence-electron chi connectivity index (χ4n) is 4.12. The van der Waals surface area contributed by atoms with Crippen LogP contribution in [0.4, 0.5) is 0 Å². The van der Waals surface area contributed by atoms with Crippen LogP contribution in [0.1, 0.15) is 28.7 Å². The Morgan fingerprint density at radius 1 is 1.00 bits per heavy atom. The number of ether oxygens (including phenoxy) is 1. The highest BCUT2D eigenvalue weighted by Gasteiger charge is 2.32. The van der Waals surface area contributed by atoms with Crippen LogP contribution in [0.15, 0.2) is 41.3 Å². The van der Waals surface area contributed by atoms with Crippen molar-refractivity contribution in [2.45, 2.75) is 38.5 Å². The molecule has 6 nitrogen and oxygen atoms in total. The van der Waals surface area contributed by atoms with Gasteiger partial charge in [0.2, 0.25) is 15.9 Å². The van der Waals surface area contributed by atoms with E-state index < -0.39 is 10.0 Å². The third-order valence-corrected chi connectivity index (χ3v) is 7.76. The van der Waals surface area contributed by atoms with E-state index in [9.17, 15) is 13.2 Å². The van der Waals surface area contributed by atoms with Gasteiger partial charge < -0.3 is 9.64 Å². The van der Waals surface area contributed by atoms with Crippen molar-refractivity contribution in [2.75, 3.05) is 33.3 Å². The molecular weight excluding hydrogens is 400 g/mol. The molecule has 1 fully saturated rings. The second kappa shape index (κ2) is 9.18. The average Bonchev–Trinajstić information content (AvgIpc) is 2.71. The fraction of sp³-hybridized carbons (Fsp3) is 0.435. The molecule has 0 N–H and O–H groups in total. The second-order valence-electron chi connectivity index (χ2n) is 7.86. The normalized spacial score (nSPS) is 15.3. The van der Waals surface area contributed by atoms with Crippen LogP contribution in [-0.4, -0.2) is 56.8 Å². The Balaban J connectivity index is 1.60. The van der Waals surface area contributed by atoms with Crippen LogP contribution in [0.25, 0.3) is 0 Å². The number of amides is 1. The number of methoxy groups -OCH3 is 1. The molecule has 0 bridgehead atoms. The van der Waals surface area contributed by atoms with Gasteiger partial charge in [0.25, 0.3) is 0 Å². The molecule has 2 aromatic carbocycles. The van der Waals surface area contributed by atoms with Gasteiger partial charge in [-0.1, -0.05) is 29.8 Å². The van der Waals surface area contributed by atoms with Crippen molar-refractivity contribution in [3.8, 4) is 5.75 Å². The predicted octanol–water partition coefficient (Wildman–Crippen LogP) is 3.09. The molecule has 1 aliphatic rings. The Bertz CT molecular complexity index is 1000. The zero-order valence-corrected chi connectivity index (χ0v) is 19.0. The lowest BCUT2D eigenvalue weighted by atomic mass is 10.1. The van der Waals surface area contributed by atoms with Gasteiger partial charge in [0, 0.05) is 32.6 Å². The zero-order valence-electron chi connectivity index (χ0n) is 18.1. The quantitative estimate of drug-likeness (QED) is 0.706. The van der Waals surface area contributed by atoms with Crippen molar-refractivity contribution in [3.63, 3.8) is 0 Å². The highest BCUT2D eigenvalue weighted by Crippen LogP contribution is 2.26. The largest absolute Gasteiger partial charge is 0.497 e. The lowest BCUT2D eigenvalue weighted by Gasteiger charge is -2.34. The minimum Gasteiger partial charge on any atom is -0.497 e. The molecule has 2 aromatic rings. The number of carbonyl (C=O) groups excluding carboxylic acids is 1. The Hall–Kier alpha value is -2.38. The molecule has 0 aliphatic carbocycles. The van der Waals surface area contributed by atoms with E-state index in [0.29, 0.717) is 43.9 Å². The number of nitrogens with zero attached hydrogens (tertiary/aromatic N) is 2. The minimum atomic E-state index is -3.57. The van der Waals surface area contributed by atoms with Crippen molar-refractivity contribution in [2.24, 2.45) is 0 Å². The van der Waals surface area contributed by atoms with Gasteiger partial charge in [-0.05, 0) is 56.0 Å². The summed E-state index contributed by atoms with van der Waals surface area (Å²) in [5, 5.41) is 0. The number of aryl methyl sites for hydroxylation is 4. The van der Waals surface area contributed by atoms with Crippen molar-refractivity contribution < 1.29 is 17.9 Å². The van der Waals surface area contributed by atoms with Crippen molar-refractivity contribution in [1.29, 1.82) is 0 Å². The number of hydrogen-bond donors (Lipinski definition) is 0. The van der Waals surface area contributed by atoms with Crippen LogP contribution in [0.2, 0.25) is 0 Å². The van der Waals surface area contributed by atoms with Gasteiger partial charge in [-0.25, -0.2) is 8.42 Å². The van der Waals surface area contributed by atoms with Crippen molar-refractivity contribution in [3.05, 3.63) is 58.7 Å². The van der Waals surface area contributed by atoms with Gasteiger partial charge in [0.15, 0.2) is 0 Å². The SMILES string of the molecule is COc1cccc(CCC(=O)N2CCN(S(=O)(=O)c3c(C)cc(C)cc3C)CC2)c1. The van der Waals surface area contributed by atoms with E-state index >= 15 is 0 Å². The summed E-state index contributed by atoms with van der Waals surface area (Å²) in [4.78, 5) is 14.8. The summed E-state index contributed by atoms with van der Waals surface area (Å²) in [6.07, 6.45) is 1.03. The Labute approximate surface area is 179 Å². The average molecular weight is 431 g/mol. The maximum Gasteiger partial charge on any atom is 0.243 e. The Morgan fingerprint density at radius 2 is 1.63 bits per heavy atom. The first-order chi connectivity index (χ1) is 14.2. The molecule has 1 saturated heterocycles. The number of piperazine rings is 1. The molecule has 0 spiro atoms. The minimum absolute atomic E-state index is 0.0533. The number of benzene rings is 2. The number of rotatable bonds is 6. The lowest BCUT2D eigenvalue weighted by molar-refractivity contribution is -0.132. The van der Waals surface area contributed by atoms with E-state index in [1.165, 1.54) is 4.31 Å². The van der Waals surface area contributed by atoms with E-state index in [2.05, 4.69) is 0 Å². The summed E-state index contributed by atoms with van der Waals surface area (Å²) in [5.74, 6) is 0.832. The molecule has 0 radical (unpaired) electrons. The highest BCUT2D eigenvalue weighted by atomic mass is 32.2. The highest BCUT2D eigenvalue weighted by molar-refractivity contribution is 7.89. The summed E-state index contributed by atoms with van der Waals surface area (Å²) in [6, 6.07) is 11.5. The van der Waals surface area contributed by atoms with E-state index in [-0.39, 0.29) is 5.91 Å². The second-order valence-corrected chi connectivity index (χ2v) is 9.74. The molecule has 0 unspecified atom stereocenters. The van der Waals surface area contributed by atoms with E-state index in [0.717, 1.165) is 28.0 Å². The smallest absolute Gasteiger partial charge is 0.243 e. The molecule has 3 rings (SSSR count). The summed E-state index contributed by atoms with van der Waals surface area (Å²) in [6.45, 7) is 7.11. The third kappa shape index (κ3) is 4.84. The summed E-state index contributed by atoms with van der Waals surface area (Å²) in [5.41, 5.74) is 3.64. The van der Waals surface area contributed by atoms with Gasteiger partial charge in [-0.2, -0.15) is 4.31 Å². The van der Waals surface area contributed by atoms with Crippen LogP contribution >= 0.6 is 0 Å². The standard InChI is InChI=1S/C23H30N2O4S/c1-17-14-18(2)23(19(3)15-17)30(27,28)25-12-10-24(11-13-25)22(26)9-8-20-6-5-7-21(16-20)29-4/h5-7,14-16H,8-13H2,1-4H3. The first-order valence-corrected chi connectivity index (χ1v) is 11.6. The lowest BCUT2D eigenvalue weighted by Crippen LogP contribution is -2.50. The molecule has 0 saturated carbocycles. The molecule has 1 amide bonds. The number of sulfonamides is 1. The third-order valence-electron chi connectivity index (χ3n) is 5.56. The summed E-state index contributed by atoms with van der Waals surface area (Å²) in [7, 11) is -1.95. The first-order valence-electron chi connectivity index (χ1n) is 10.2. The summed E-state index contributed by atoms with van der Waals surface area (Å²) >= 11 is 0. The number of carbonyl (C=O) groups is 1. The monoisotopic (exact) mass is 430 g/mol. The molecule has 1 aliphatic heterocycles. The van der Waals surface area contributed by atoms with E-state index in [1.54, 1.807) is 12.0 Å². The summed E-state index contributed by atoms with van der Waals surface area (Å²) < 4.78 is 33.1. The molecule has 1 heterocycles. The Morgan fingerprint density at radius 3 is 2.23 bits per heavy atom. The molecular formula is C23H30N2O4S. The molecule has 7 heteroatoms. The predicted molar refractivity (Wildman–Crippen MR) is 117 cm³/mol. The van der Waals surface area contributed by atoms with Crippen molar-refractivity contribution in [1.82, 2.24) is 9.21 Å². The van der Waals surface area contributed by atoms with Gasteiger partial charge >= 0.3 is 0 Å². The van der Waals surface area contributed by atoms with E-state index in [4.69, 9.17) is 4.74 Å². The fourth-order valence-corrected chi connectivity index (χ4v) is 5.95. The van der Waals surface area contributed by atoms with Crippen LogP contribution in [0.3, 0.4) is 0 Å². The Kier molecular flexibility index (Phi) is 6.83. The van der Waals surface area contributed by atoms with E-state index in [1.807, 2.05) is 57.2 Å². The maximum atomic E-state index is 13.2. The molecule has 30 heavy (non-hydrogen) atoms. The number of hydrogen-bond acceptors (Lipinski definition) is 4. The topological polar surface area (TPSA) is 66.9 Å². The van der Waals surface area contributed by atoms with Crippen LogP contribution in [-0.2, 0) is 21.2 Å². The van der Waals surface area contributed by atoms with Gasteiger partial charge in [-0.3, -0.25) is 4.79 Å². The van der Waals surface area contributed by atoms with Gasteiger partial charge in [0.1, 0.15) is 5.75 Å². The molecule has 0 atom stereocenters. The zero-order chi connectivity index (χ0) is 21.9. The first kappa shape index (κ1) is 22.3. The molecule has 162 valence electrons. The maximum absolute atomic E-state index is 13.2. The molecule has 0 aromatic heterocycles. The van der Waals surface area contributed by atoms with Gasteiger partial charge in [-0.15, -0.1) is 0 Å².